The predicted octanol–water partition coefficient (Wildman–Crippen LogP) is 1.86. The number of imidazole rings is 1. The van der Waals surface area contributed by atoms with Crippen LogP contribution in [-0.4, -0.2) is 39.5 Å². The van der Waals surface area contributed by atoms with Gasteiger partial charge in [-0.2, -0.15) is 0 Å². The Morgan fingerprint density at radius 3 is 2.82 bits per heavy atom. The number of fused-ring (bicyclic) bond motifs is 1. The fourth-order valence-electron chi connectivity index (χ4n) is 1.67. The van der Waals surface area contributed by atoms with E-state index in [0.29, 0.717) is 17.9 Å². The van der Waals surface area contributed by atoms with Crippen LogP contribution < -0.4 is 0 Å². The molecule has 0 radical (unpaired) electrons. The Balaban J connectivity index is 2.66. The number of carboxylic acids is 1. The number of nitrogens with zero attached hydrogens (tertiary/aromatic N) is 3. The van der Waals surface area contributed by atoms with E-state index < -0.39 is 5.97 Å². The zero-order chi connectivity index (χ0) is 12.6. The lowest BCUT2D eigenvalue weighted by Gasteiger charge is -2.08. The number of hydrogen-bond donors (Lipinski definition) is 1. The summed E-state index contributed by atoms with van der Waals surface area (Å²) in [5, 5.41) is 9.10. The summed E-state index contributed by atoms with van der Waals surface area (Å²) in [6, 6.07) is 3.56. The van der Waals surface area contributed by atoms with Gasteiger partial charge in [0.1, 0.15) is 5.82 Å². The van der Waals surface area contributed by atoms with Crippen LogP contribution in [0.15, 0.2) is 22.8 Å². The molecule has 2 aromatic rings. The highest BCUT2D eigenvalue weighted by molar-refractivity contribution is 9.10. The number of aromatic carboxylic acids is 1. The van der Waals surface area contributed by atoms with Gasteiger partial charge in [-0.1, -0.05) is 0 Å². The van der Waals surface area contributed by atoms with Crippen molar-refractivity contribution in [2.45, 2.75) is 6.54 Å². The van der Waals surface area contributed by atoms with E-state index in [4.69, 9.17) is 5.11 Å². The summed E-state index contributed by atoms with van der Waals surface area (Å²) >= 11 is 3.37. The first kappa shape index (κ1) is 12.1. The van der Waals surface area contributed by atoms with Gasteiger partial charge >= 0.3 is 5.97 Å². The lowest BCUT2D eigenvalue weighted by molar-refractivity contribution is 0.0693. The smallest absolute Gasteiger partial charge is 0.356 e. The Morgan fingerprint density at radius 1 is 1.53 bits per heavy atom. The molecule has 5 nitrogen and oxygen atoms in total. The SMILES string of the molecule is CN(C)Cc1nc(C(=O)O)c2ccc(Br)cn12. The highest BCUT2D eigenvalue weighted by Gasteiger charge is 2.16. The first-order valence-electron chi connectivity index (χ1n) is 5.03. The van der Waals surface area contributed by atoms with Crippen molar-refractivity contribution >= 4 is 27.4 Å². The Hall–Kier alpha value is -1.40. The highest BCUT2D eigenvalue weighted by atomic mass is 79.9. The summed E-state index contributed by atoms with van der Waals surface area (Å²) in [6.45, 7) is 0.588. The second kappa shape index (κ2) is 4.46. The number of aromatic nitrogens is 2. The fraction of sp³-hybridized carbons (Fsp3) is 0.273. The first-order chi connectivity index (χ1) is 7.99. The van der Waals surface area contributed by atoms with E-state index in [0.717, 1.165) is 4.47 Å². The minimum atomic E-state index is -1.00. The molecule has 0 spiro atoms. The maximum atomic E-state index is 11.1. The number of rotatable bonds is 3. The molecule has 6 heteroatoms. The summed E-state index contributed by atoms with van der Waals surface area (Å²) < 4.78 is 2.69. The van der Waals surface area contributed by atoms with Crippen molar-refractivity contribution in [2.75, 3.05) is 14.1 Å². The normalized spacial score (nSPS) is 11.3. The van der Waals surface area contributed by atoms with E-state index in [2.05, 4.69) is 20.9 Å². The third kappa shape index (κ3) is 2.32. The predicted molar refractivity (Wildman–Crippen MR) is 67.2 cm³/mol. The van der Waals surface area contributed by atoms with Gasteiger partial charge in [0.2, 0.25) is 0 Å². The second-order valence-electron chi connectivity index (χ2n) is 4.02. The van der Waals surface area contributed by atoms with Crippen molar-refractivity contribution in [1.82, 2.24) is 14.3 Å². The maximum Gasteiger partial charge on any atom is 0.356 e. The summed E-state index contributed by atoms with van der Waals surface area (Å²) in [6.07, 6.45) is 1.83. The van der Waals surface area contributed by atoms with Crippen molar-refractivity contribution in [3.8, 4) is 0 Å². The van der Waals surface area contributed by atoms with Crippen LogP contribution in [0.4, 0.5) is 0 Å². The first-order valence-corrected chi connectivity index (χ1v) is 5.83. The number of pyridine rings is 1. The van der Waals surface area contributed by atoms with Gasteiger partial charge in [0, 0.05) is 10.7 Å². The minimum Gasteiger partial charge on any atom is -0.476 e. The van der Waals surface area contributed by atoms with Crippen LogP contribution >= 0.6 is 15.9 Å². The molecule has 17 heavy (non-hydrogen) atoms. The Bertz CT molecular complexity index is 577. The maximum absolute atomic E-state index is 11.1. The van der Waals surface area contributed by atoms with Crippen LogP contribution in [-0.2, 0) is 6.54 Å². The van der Waals surface area contributed by atoms with Crippen LogP contribution in [0.2, 0.25) is 0 Å². The molecule has 0 amide bonds. The van der Waals surface area contributed by atoms with Gasteiger partial charge in [-0.3, -0.25) is 0 Å². The zero-order valence-electron chi connectivity index (χ0n) is 9.51. The van der Waals surface area contributed by atoms with Gasteiger partial charge in [-0.25, -0.2) is 9.78 Å². The lowest BCUT2D eigenvalue weighted by Crippen LogP contribution is -2.13. The van der Waals surface area contributed by atoms with E-state index in [1.54, 1.807) is 10.5 Å². The number of hydrogen-bond acceptors (Lipinski definition) is 3. The Labute approximate surface area is 107 Å². The largest absolute Gasteiger partial charge is 0.476 e. The molecule has 0 aliphatic carbocycles. The van der Waals surface area contributed by atoms with Crippen LogP contribution in [0.25, 0.3) is 5.52 Å². The molecule has 90 valence electrons. The van der Waals surface area contributed by atoms with Crippen LogP contribution in [0, 0.1) is 0 Å². The van der Waals surface area contributed by atoms with Gasteiger partial charge in [0.05, 0.1) is 12.1 Å². The molecule has 0 aromatic carbocycles. The lowest BCUT2D eigenvalue weighted by atomic mass is 10.3. The van der Waals surface area contributed by atoms with Crippen molar-refractivity contribution in [3.05, 3.63) is 34.3 Å². The molecule has 0 bridgehead atoms. The van der Waals surface area contributed by atoms with E-state index in [1.165, 1.54) is 0 Å². The molecule has 1 N–H and O–H groups in total. The van der Waals surface area contributed by atoms with Gasteiger partial charge in [0.15, 0.2) is 5.69 Å². The van der Waals surface area contributed by atoms with Crippen LogP contribution in [0.3, 0.4) is 0 Å². The molecule has 0 aliphatic heterocycles. The Morgan fingerprint density at radius 2 is 2.24 bits per heavy atom. The van der Waals surface area contributed by atoms with Crippen LogP contribution in [0.1, 0.15) is 16.3 Å². The van der Waals surface area contributed by atoms with Crippen LogP contribution in [0.5, 0.6) is 0 Å². The summed E-state index contributed by atoms with van der Waals surface area (Å²) in [4.78, 5) is 17.2. The highest BCUT2D eigenvalue weighted by Crippen LogP contribution is 2.18. The molecular formula is C11H12BrN3O2. The van der Waals surface area contributed by atoms with Gasteiger partial charge in [-0.05, 0) is 42.2 Å². The molecule has 2 aromatic heterocycles. The third-order valence-corrected chi connectivity index (χ3v) is 2.80. The topological polar surface area (TPSA) is 57.8 Å². The molecule has 2 rings (SSSR count). The standard InChI is InChI=1S/C11H12BrN3O2/c1-14(2)6-9-13-10(11(16)17)8-4-3-7(12)5-15(8)9/h3-5H,6H2,1-2H3,(H,16,17). The van der Waals surface area contributed by atoms with Crippen molar-refractivity contribution in [1.29, 1.82) is 0 Å². The molecular weight excluding hydrogens is 286 g/mol. The molecule has 0 saturated carbocycles. The number of halogens is 1. The van der Waals surface area contributed by atoms with E-state index in [1.807, 2.05) is 31.3 Å². The third-order valence-electron chi connectivity index (χ3n) is 2.33. The Kier molecular flexibility index (Phi) is 3.17. The van der Waals surface area contributed by atoms with Crippen molar-refractivity contribution in [3.63, 3.8) is 0 Å². The average Bonchev–Trinajstić information content (AvgIpc) is 2.56. The van der Waals surface area contributed by atoms with Gasteiger partial charge < -0.3 is 14.4 Å². The van der Waals surface area contributed by atoms with E-state index in [9.17, 15) is 4.79 Å². The monoisotopic (exact) mass is 297 g/mol. The molecule has 2 heterocycles. The summed E-state index contributed by atoms with van der Waals surface area (Å²) in [5.41, 5.74) is 0.701. The molecule has 0 aliphatic rings. The number of carbonyl (C=O) groups is 1. The van der Waals surface area contributed by atoms with E-state index >= 15 is 0 Å². The number of carboxylic acid groups (broad SMARTS) is 1. The zero-order valence-corrected chi connectivity index (χ0v) is 11.1. The van der Waals surface area contributed by atoms with Gasteiger partial charge in [-0.15, -0.1) is 0 Å². The fourth-order valence-corrected chi connectivity index (χ4v) is 2.01. The van der Waals surface area contributed by atoms with Gasteiger partial charge in [0.25, 0.3) is 0 Å². The van der Waals surface area contributed by atoms with Crippen molar-refractivity contribution in [2.24, 2.45) is 0 Å². The summed E-state index contributed by atoms with van der Waals surface area (Å²) in [5.74, 6) is -0.293. The molecule has 0 atom stereocenters. The molecule has 0 fully saturated rings. The average molecular weight is 298 g/mol. The molecule has 0 unspecified atom stereocenters. The van der Waals surface area contributed by atoms with Crippen molar-refractivity contribution < 1.29 is 9.90 Å². The minimum absolute atomic E-state index is 0.0920. The quantitative estimate of drug-likeness (QED) is 0.939. The summed E-state index contributed by atoms with van der Waals surface area (Å²) in [7, 11) is 3.83. The van der Waals surface area contributed by atoms with E-state index in [-0.39, 0.29) is 5.69 Å². The second-order valence-corrected chi connectivity index (χ2v) is 4.94. The molecule has 0 saturated heterocycles.